The molecule has 25 heavy (non-hydrogen) atoms. The number of carbonyl (C=O) groups is 1. The van der Waals surface area contributed by atoms with Crippen LogP contribution in [-0.4, -0.2) is 56.1 Å². The van der Waals surface area contributed by atoms with Crippen LogP contribution in [0.1, 0.15) is 41.0 Å². The van der Waals surface area contributed by atoms with Crippen molar-refractivity contribution in [3.05, 3.63) is 47.5 Å². The molecule has 132 valence electrons. The molecule has 1 fully saturated rings. The molecule has 0 radical (unpaired) electrons. The first-order valence-electron chi connectivity index (χ1n) is 9.17. The lowest BCUT2D eigenvalue weighted by Crippen LogP contribution is -2.45. The largest absolute Gasteiger partial charge is 0.328 e. The Morgan fingerprint density at radius 1 is 1.20 bits per heavy atom. The van der Waals surface area contributed by atoms with E-state index in [0.29, 0.717) is 12.1 Å². The Bertz CT molecular complexity index is 733. The molecule has 0 spiro atoms. The van der Waals surface area contributed by atoms with Crippen LogP contribution in [0, 0.1) is 6.92 Å². The fourth-order valence-corrected chi connectivity index (χ4v) is 3.88. The summed E-state index contributed by atoms with van der Waals surface area (Å²) in [4.78, 5) is 22.0. The number of amides is 1. The van der Waals surface area contributed by atoms with E-state index in [1.807, 2.05) is 40.9 Å². The van der Waals surface area contributed by atoms with Crippen molar-refractivity contribution in [3.63, 3.8) is 0 Å². The lowest BCUT2D eigenvalue weighted by atomic mass is 10.1. The highest BCUT2D eigenvalue weighted by molar-refractivity contribution is 5.94. The van der Waals surface area contributed by atoms with E-state index in [4.69, 9.17) is 0 Å². The van der Waals surface area contributed by atoms with Crippen LogP contribution in [0.15, 0.2) is 30.6 Å². The van der Waals surface area contributed by atoms with Gasteiger partial charge in [0.15, 0.2) is 0 Å². The quantitative estimate of drug-likeness (QED) is 0.859. The molecule has 2 aromatic rings. The van der Waals surface area contributed by atoms with Crippen molar-refractivity contribution in [2.75, 3.05) is 19.6 Å². The number of pyridine rings is 1. The van der Waals surface area contributed by atoms with Gasteiger partial charge in [-0.25, -0.2) is 0 Å². The molecular formula is C19H25N5O. The summed E-state index contributed by atoms with van der Waals surface area (Å²) in [5.41, 5.74) is 2.71. The molecule has 2 aliphatic heterocycles. The van der Waals surface area contributed by atoms with Crippen molar-refractivity contribution in [2.45, 2.75) is 45.3 Å². The van der Waals surface area contributed by atoms with Gasteiger partial charge < -0.3 is 9.80 Å². The summed E-state index contributed by atoms with van der Waals surface area (Å²) in [6, 6.07) is 6.03. The van der Waals surface area contributed by atoms with E-state index in [1.165, 1.54) is 12.8 Å². The maximum atomic E-state index is 13.2. The third-order valence-corrected chi connectivity index (χ3v) is 5.34. The van der Waals surface area contributed by atoms with Crippen LogP contribution in [0.25, 0.3) is 0 Å². The number of carbonyl (C=O) groups excluding carboxylic acids is 1. The fourth-order valence-electron chi connectivity index (χ4n) is 3.88. The number of hydrogen-bond donors (Lipinski definition) is 0. The maximum Gasteiger partial charge on any atom is 0.256 e. The molecular weight excluding hydrogens is 314 g/mol. The molecule has 4 heterocycles. The van der Waals surface area contributed by atoms with Gasteiger partial charge in [-0.1, -0.05) is 0 Å². The minimum atomic E-state index is 0.0753. The van der Waals surface area contributed by atoms with Gasteiger partial charge in [0.1, 0.15) is 0 Å². The van der Waals surface area contributed by atoms with Gasteiger partial charge in [-0.05, 0) is 57.5 Å². The topological polar surface area (TPSA) is 54.3 Å². The van der Waals surface area contributed by atoms with Gasteiger partial charge in [0.25, 0.3) is 5.91 Å². The van der Waals surface area contributed by atoms with Crippen molar-refractivity contribution in [1.29, 1.82) is 0 Å². The number of likely N-dealkylation sites (tertiary alicyclic amines) is 1. The predicted octanol–water partition coefficient (Wildman–Crippen LogP) is 2.10. The average Bonchev–Trinajstić information content (AvgIpc) is 3.25. The second kappa shape index (κ2) is 6.96. The van der Waals surface area contributed by atoms with Crippen LogP contribution in [-0.2, 0) is 13.1 Å². The van der Waals surface area contributed by atoms with Crippen LogP contribution < -0.4 is 0 Å². The zero-order valence-corrected chi connectivity index (χ0v) is 14.8. The van der Waals surface area contributed by atoms with E-state index < -0.39 is 0 Å². The lowest BCUT2D eigenvalue weighted by Gasteiger charge is -2.32. The van der Waals surface area contributed by atoms with Gasteiger partial charge in [0, 0.05) is 37.2 Å². The zero-order chi connectivity index (χ0) is 17.2. The van der Waals surface area contributed by atoms with E-state index in [1.54, 1.807) is 6.20 Å². The van der Waals surface area contributed by atoms with Crippen LogP contribution in [0.3, 0.4) is 0 Å². The Morgan fingerprint density at radius 2 is 2.04 bits per heavy atom. The molecule has 0 bridgehead atoms. The van der Waals surface area contributed by atoms with Crippen LogP contribution in [0.2, 0.25) is 0 Å². The first-order valence-corrected chi connectivity index (χ1v) is 9.17. The van der Waals surface area contributed by atoms with Crippen LogP contribution in [0.5, 0.6) is 0 Å². The summed E-state index contributed by atoms with van der Waals surface area (Å²) < 4.78 is 2.04. The number of aryl methyl sites for hydroxylation is 2. The molecule has 1 saturated heterocycles. The predicted molar refractivity (Wildman–Crippen MR) is 95.2 cm³/mol. The smallest absolute Gasteiger partial charge is 0.256 e. The first kappa shape index (κ1) is 16.3. The molecule has 0 aromatic carbocycles. The molecule has 6 heteroatoms. The Labute approximate surface area is 148 Å². The number of aromatic nitrogens is 3. The van der Waals surface area contributed by atoms with Crippen molar-refractivity contribution in [2.24, 2.45) is 0 Å². The van der Waals surface area contributed by atoms with E-state index in [9.17, 15) is 4.79 Å². The minimum absolute atomic E-state index is 0.0753. The standard InChI is InChI=1S/C19H25N5O/c1-15-4-5-16(12-20-15)19(25)23-14-18-6-8-21-24(18)11-7-17(23)13-22-9-2-3-10-22/h4-6,8,12,17H,2-3,7,9-11,13-14H2,1H3/t17-/m0/s1. The van der Waals surface area contributed by atoms with Gasteiger partial charge >= 0.3 is 0 Å². The van der Waals surface area contributed by atoms with E-state index in [0.717, 1.165) is 44.0 Å². The van der Waals surface area contributed by atoms with Crippen molar-refractivity contribution in [3.8, 4) is 0 Å². The summed E-state index contributed by atoms with van der Waals surface area (Å²) in [5, 5.41) is 4.41. The second-order valence-electron chi connectivity index (χ2n) is 7.12. The molecule has 0 unspecified atom stereocenters. The molecule has 0 N–H and O–H groups in total. The zero-order valence-electron chi connectivity index (χ0n) is 14.8. The monoisotopic (exact) mass is 339 g/mol. The summed E-state index contributed by atoms with van der Waals surface area (Å²) >= 11 is 0. The van der Waals surface area contributed by atoms with E-state index in [-0.39, 0.29) is 11.9 Å². The number of hydrogen-bond acceptors (Lipinski definition) is 4. The van der Waals surface area contributed by atoms with Crippen molar-refractivity contribution >= 4 is 5.91 Å². The maximum absolute atomic E-state index is 13.2. The highest BCUT2D eigenvalue weighted by atomic mass is 16.2. The molecule has 0 aliphatic carbocycles. The van der Waals surface area contributed by atoms with Gasteiger partial charge in [-0.3, -0.25) is 14.5 Å². The summed E-state index contributed by atoms with van der Waals surface area (Å²) in [7, 11) is 0. The molecule has 1 amide bonds. The Balaban J connectivity index is 1.60. The summed E-state index contributed by atoms with van der Waals surface area (Å²) in [6.45, 7) is 6.68. The van der Waals surface area contributed by atoms with Crippen molar-refractivity contribution in [1.82, 2.24) is 24.6 Å². The van der Waals surface area contributed by atoms with Gasteiger partial charge in [-0.15, -0.1) is 0 Å². The molecule has 2 aliphatic rings. The molecule has 1 atom stereocenters. The Morgan fingerprint density at radius 3 is 2.80 bits per heavy atom. The summed E-state index contributed by atoms with van der Waals surface area (Å²) in [6.07, 6.45) is 7.00. The number of fused-ring (bicyclic) bond motifs is 1. The Kier molecular flexibility index (Phi) is 4.53. The molecule has 4 rings (SSSR count). The highest BCUT2D eigenvalue weighted by Crippen LogP contribution is 2.22. The molecule has 0 saturated carbocycles. The number of nitrogens with zero attached hydrogens (tertiary/aromatic N) is 5. The third kappa shape index (κ3) is 3.44. The minimum Gasteiger partial charge on any atom is -0.328 e. The third-order valence-electron chi connectivity index (χ3n) is 5.34. The van der Waals surface area contributed by atoms with E-state index in [2.05, 4.69) is 15.0 Å². The first-order chi connectivity index (χ1) is 12.2. The SMILES string of the molecule is Cc1ccc(C(=O)N2Cc3ccnn3CC[C@H]2CN2CCCC2)cn1. The Hall–Kier alpha value is -2.21. The second-order valence-corrected chi connectivity index (χ2v) is 7.12. The van der Waals surface area contributed by atoms with Crippen molar-refractivity contribution < 1.29 is 4.79 Å². The van der Waals surface area contributed by atoms with E-state index >= 15 is 0 Å². The lowest BCUT2D eigenvalue weighted by molar-refractivity contribution is 0.0615. The van der Waals surface area contributed by atoms with Crippen LogP contribution in [0.4, 0.5) is 0 Å². The summed E-state index contributed by atoms with van der Waals surface area (Å²) in [5.74, 6) is 0.0753. The average molecular weight is 339 g/mol. The normalized spacial score (nSPS) is 21.2. The molecule has 6 nitrogen and oxygen atoms in total. The molecule has 2 aromatic heterocycles. The fraction of sp³-hybridized carbons (Fsp3) is 0.526. The van der Waals surface area contributed by atoms with Gasteiger partial charge in [-0.2, -0.15) is 5.10 Å². The van der Waals surface area contributed by atoms with Crippen LogP contribution >= 0.6 is 0 Å². The van der Waals surface area contributed by atoms with Gasteiger partial charge in [0.2, 0.25) is 0 Å². The number of rotatable bonds is 3. The highest BCUT2D eigenvalue weighted by Gasteiger charge is 2.30. The van der Waals surface area contributed by atoms with Gasteiger partial charge in [0.05, 0.1) is 17.8 Å².